The summed E-state index contributed by atoms with van der Waals surface area (Å²) in [5, 5.41) is 10.1. The molecule has 0 radical (unpaired) electrons. The minimum Gasteiger partial charge on any atom is -0.444 e. The van der Waals surface area contributed by atoms with E-state index in [9.17, 15) is 17.6 Å². The Balaban J connectivity index is 3.40. The number of hydrogen-bond donors (Lipinski definition) is 1. The molecule has 1 rings (SSSR count). The van der Waals surface area contributed by atoms with Gasteiger partial charge in [0, 0.05) is 10.0 Å². The molecule has 0 unspecified atom stereocenters. The van der Waals surface area contributed by atoms with Gasteiger partial charge >= 0.3 is 6.09 Å². The van der Waals surface area contributed by atoms with Crippen LogP contribution in [0.2, 0.25) is 0 Å². The number of amides is 1. The smallest absolute Gasteiger partial charge is 0.408 e. The Labute approximate surface area is 161 Å². The lowest BCUT2D eigenvalue weighted by Crippen LogP contribution is -2.51. The average Bonchev–Trinajstić information content (AvgIpc) is 2.45. The van der Waals surface area contributed by atoms with Gasteiger partial charge in [0.25, 0.3) is 0 Å². The van der Waals surface area contributed by atoms with Gasteiger partial charge in [-0.25, -0.2) is 17.6 Å². The second-order valence-corrected chi connectivity index (χ2v) is 10.4. The van der Waals surface area contributed by atoms with Crippen LogP contribution in [-0.4, -0.2) is 31.1 Å². The lowest BCUT2D eigenvalue weighted by atomic mass is 9.93. The first kappa shape index (κ1) is 22.4. The van der Waals surface area contributed by atoms with Gasteiger partial charge < -0.3 is 10.1 Å². The van der Waals surface area contributed by atoms with Crippen LogP contribution in [0.25, 0.3) is 0 Å². The van der Waals surface area contributed by atoms with Gasteiger partial charge in [-0.1, -0.05) is 15.9 Å². The van der Waals surface area contributed by atoms with Gasteiger partial charge in [-0.3, -0.25) is 0 Å². The van der Waals surface area contributed by atoms with E-state index in [1.807, 2.05) is 0 Å². The highest BCUT2D eigenvalue weighted by Gasteiger charge is 2.39. The van der Waals surface area contributed by atoms with Gasteiger partial charge in [0.15, 0.2) is 9.84 Å². The van der Waals surface area contributed by atoms with Crippen LogP contribution < -0.4 is 5.32 Å². The molecule has 0 aliphatic heterocycles. The molecule has 0 spiro atoms. The number of halogens is 2. The Bertz CT molecular complexity index is 830. The first-order valence-corrected chi connectivity index (χ1v) is 10.3. The van der Waals surface area contributed by atoms with E-state index in [4.69, 9.17) is 10.00 Å². The van der Waals surface area contributed by atoms with Crippen molar-refractivity contribution < 1.29 is 22.3 Å². The molecule has 6 nitrogen and oxygen atoms in total. The molecular formula is C17H22BrFN2O4S. The fraction of sp³-hybridized carbons (Fsp3) is 0.529. The quantitative estimate of drug-likeness (QED) is 0.740. The van der Waals surface area contributed by atoms with Crippen LogP contribution in [0.5, 0.6) is 0 Å². The molecule has 1 aromatic carbocycles. The van der Waals surface area contributed by atoms with Gasteiger partial charge in [-0.2, -0.15) is 5.26 Å². The van der Waals surface area contributed by atoms with Crippen molar-refractivity contribution in [2.45, 2.75) is 51.0 Å². The molecule has 2 atom stereocenters. The molecule has 0 fully saturated rings. The number of benzene rings is 1. The molecule has 26 heavy (non-hydrogen) atoms. The zero-order valence-corrected chi connectivity index (χ0v) is 17.7. The predicted octanol–water partition coefficient (Wildman–Crippen LogP) is 3.65. The molecule has 1 aromatic rings. The van der Waals surface area contributed by atoms with E-state index in [-0.39, 0.29) is 5.56 Å². The van der Waals surface area contributed by atoms with Crippen LogP contribution in [0.4, 0.5) is 9.18 Å². The highest BCUT2D eigenvalue weighted by molar-refractivity contribution is 9.10. The van der Waals surface area contributed by atoms with Crippen molar-refractivity contribution in [1.82, 2.24) is 5.32 Å². The zero-order chi connectivity index (χ0) is 20.3. The summed E-state index contributed by atoms with van der Waals surface area (Å²) in [4.78, 5) is 12.2. The Hall–Kier alpha value is -1.66. The van der Waals surface area contributed by atoms with E-state index >= 15 is 0 Å². The summed E-state index contributed by atoms with van der Waals surface area (Å²) in [5.74, 6) is -1.35. The number of carbonyl (C=O) groups is 1. The predicted molar refractivity (Wildman–Crippen MR) is 99.7 cm³/mol. The number of nitriles is 1. The second kappa shape index (κ2) is 7.92. The Morgan fingerprint density at radius 1 is 1.38 bits per heavy atom. The molecule has 144 valence electrons. The van der Waals surface area contributed by atoms with E-state index < -0.39 is 43.9 Å². The highest BCUT2D eigenvalue weighted by atomic mass is 79.9. The highest BCUT2D eigenvalue weighted by Crippen LogP contribution is 2.30. The molecule has 1 N–H and O–H groups in total. The monoisotopic (exact) mass is 448 g/mol. The minimum absolute atomic E-state index is 0.0357. The van der Waals surface area contributed by atoms with E-state index in [2.05, 4.69) is 21.2 Å². The SMILES string of the molecule is C[C@@H](C#N)S(=O)(=O)C[C@](C)(NC(=O)OC(C)(C)C)c1cc(Br)ccc1F. The molecule has 1 amide bonds. The van der Waals surface area contributed by atoms with Gasteiger partial charge in [0.05, 0.1) is 17.4 Å². The zero-order valence-electron chi connectivity index (χ0n) is 15.3. The largest absolute Gasteiger partial charge is 0.444 e. The number of alkyl carbamates (subject to hydrolysis) is 1. The fourth-order valence-corrected chi connectivity index (χ4v) is 4.04. The van der Waals surface area contributed by atoms with Crippen LogP contribution in [-0.2, 0) is 20.1 Å². The van der Waals surface area contributed by atoms with Crippen molar-refractivity contribution in [2.75, 3.05) is 5.75 Å². The number of ether oxygens (including phenoxy) is 1. The average molecular weight is 449 g/mol. The van der Waals surface area contributed by atoms with Crippen molar-refractivity contribution in [3.8, 4) is 6.07 Å². The van der Waals surface area contributed by atoms with Crippen molar-refractivity contribution in [3.63, 3.8) is 0 Å². The number of hydrogen-bond acceptors (Lipinski definition) is 5. The molecule has 0 bridgehead atoms. The summed E-state index contributed by atoms with van der Waals surface area (Å²) in [6.07, 6.45) is -0.890. The van der Waals surface area contributed by atoms with Crippen LogP contribution in [0.3, 0.4) is 0 Å². The van der Waals surface area contributed by atoms with E-state index in [1.165, 1.54) is 26.0 Å². The maximum atomic E-state index is 14.4. The summed E-state index contributed by atoms with van der Waals surface area (Å²) in [6, 6.07) is 5.67. The Morgan fingerprint density at radius 3 is 2.46 bits per heavy atom. The second-order valence-electron chi connectivity index (χ2n) is 7.16. The third kappa shape index (κ3) is 5.95. The van der Waals surface area contributed by atoms with Crippen LogP contribution in [0.1, 0.15) is 40.2 Å². The van der Waals surface area contributed by atoms with Crippen molar-refractivity contribution in [3.05, 3.63) is 34.1 Å². The van der Waals surface area contributed by atoms with Crippen LogP contribution >= 0.6 is 15.9 Å². The number of rotatable bonds is 5. The maximum Gasteiger partial charge on any atom is 0.408 e. The summed E-state index contributed by atoms with van der Waals surface area (Å²) in [6.45, 7) is 7.57. The third-order valence-corrected chi connectivity index (χ3v) is 6.17. The number of carbonyl (C=O) groups excluding carboxylic acids is 1. The first-order valence-electron chi connectivity index (χ1n) is 7.78. The molecular weight excluding hydrogens is 427 g/mol. The van der Waals surface area contributed by atoms with Crippen LogP contribution in [0, 0.1) is 17.1 Å². The summed E-state index contributed by atoms with van der Waals surface area (Å²) in [7, 11) is -3.95. The molecule has 0 heterocycles. The van der Waals surface area contributed by atoms with Crippen molar-refractivity contribution >= 4 is 31.9 Å². The molecule has 9 heteroatoms. The van der Waals surface area contributed by atoms with Crippen molar-refractivity contribution in [1.29, 1.82) is 5.26 Å². The van der Waals surface area contributed by atoms with Crippen molar-refractivity contribution in [2.24, 2.45) is 0 Å². The summed E-state index contributed by atoms with van der Waals surface area (Å²) in [5.41, 5.74) is -2.49. The Kier molecular flexibility index (Phi) is 6.82. The van der Waals surface area contributed by atoms with Gasteiger partial charge in [0.1, 0.15) is 16.7 Å². The number of nitrogens with zero attached hydrogens (tertiary/aromatic N) is 1. The van der Waals surface area contributed by atoms with Gasteiger partial charge in [-0.05, 0) is 52.8 Å². The van der Waals surface area contributed by atoms with E-state index in [0.29, 0.717) is 4.47 Å². The van der Waals surface area contributed by atoms with Gasteiger partial charge in [-0.15, -0.1) is 0 Å². The molecule has 0 aliphatic carbocycles. The maximum absolute atomic E-state index is 14.4. The van der Waals surface area contributed by atoms with Gasteiger partial charge in [0.2, 0.25) is 0 Å². The molecule has 0 aromatic heterocycles. The normalized spacial score (nSPS) is 15.5. The Morgan fingerprint density at radius 2 is 1.96 bits per heavy atom. The third-order valence-electron chi connectivity index (χ3n) is 3.51. The first-order chi connectivity index (χ1) is 11.7. The topological polar surface area (TPSA) is 96.3 Å². The van der Waals surface area contributed by atoms with E-state index in [1.54, 1.807) is 26.8 Å². The molecule has 0 aliphatic rings. The van der Waals surface area contributed by atoms with E-state index in [0.717, 1.165) is 6.07 Å². The van der Waals surface area contributed by atoms with Crippen LogP contribution in [0.15, 0.2) is 22.7 Å². The number of nitrogens with one attached hydrogen (secondary N) is 1. The fourth-order valence-electron chi connectivity index (χ4n) is 2.24. The number of sulfone groups is 1. The minimum atomic E-state index is -3.95. The lowest BCUT2D eigenvalue weighted by molar-refractivity contribution is 0.0470. The lowest BCUT2D eigenvalue weighted by Gasteiger charge is -2.33. The standard InChI is InChI=1S/C17H22BrFN2O4S/c1-11(9-20)26(23,24)10-17(5,21-15(22)25-16(2,3)4)13-8-12(18)6-7-14(13)19/h6-8,11H,10H2,1-5H3,(H,21,22)/t11-,17-/m0/s1. The summed E-state index contributed by atoms with van der Waals surface area (Å²) < 4.78 is 45.1. The summed E-state index contributed by atoms with van der Waals surface area (Å²) >= 11 is 3.21. The molecule has 0 saturated carbocycles. The molecule has 0 saturated heterocycles.